The normalized spacial score (nSPS) is 10.6. The van der Waals surface area contributed by atoms with E-state index in [0.717, 1.165) is 17.1 Å². The van der Waals surface area contributed by atoms with Crippen LogP contribution >= 0.6 is 0 Å². The summed E-state index contributed by atoms with van der Waals surface area (Å²) in [7, 11) is 0. The first-order valence-corrected chi connectivity index (χ1v) is 6.42. The summed E-state index contributed by atoms with van der Waals surface area (Å²) in [6.45, 7) is 7.63. The Kier molecular flexibility index (Phi) is 3.74. The van der Waals surface area contributed by atoms with E-state index >= 15 is 0 Å². The summed E-state index contributed by atoms with van der Waals surface area (Å²) < 4.78 is 6.67. The van der Waals surface area contributed by atoms with Crippen molar-refractivity contribution in [3.63, 3.8) is 0 Å². The van der Waals surface area contributed by atoms with Crippen molar-refractivity contribution in [2.24, 2.45) is 0 Å². The van der Waals surface area contributed by atoms with Crippen LogP contribution in [-0.4, -0.2) is 27.1 Å². The molecule has 0 atom stereocenters. The van der Waals surface area contributed by atoms with Gasteiger partial charge in [0.15, 0.2) is 5.69 Å². The smallest absolute Gasteiger partial charge is 0.360 e. The van der Waals surface area contributed by atoms with Crippen molar-refractivity contribution in [2.45, 2.75) is 27.7 Å². The van der Waals surface area contributed by atoms with E-state index in [1.165, 1.54) is 0 Å². The molecule has 106 valence electrons. The molecule has 0 saturated heterocycles. The number of hydrogen-bond acceptors (Lipinski definition) is 5. The number of aromatic nitrogens is 3. The highest BCUT2D eigenvalue weighted by molar-refractivity contribution is 5.92. The molecule has 2 rings (SSSR count). The fraction of sp³-hybridized carbons (Fsp3) is 0.357. The quantitative estimate of drug-likeness (QED) is 0.865. The molecule has 0 unspecified atom stereocenters. The number of esters is 1. The first kappa shape index (κ1) is 14.0. The number of carbonyl (C=O) groups is 1. The van der Waals surface area contributed by atoms with Gasteiger partial charge in [0.2, 0.25) is 0 Å². The molecule has 0 amide bonds. The van der Waals surface area contributed by atoms with Gasteiger partial charge in [0.1, 0.15) is 11.6 Å². The highest BCUT2D eigenvalue weighted by atomic mass is 16.5. The van der Waals surface area contributed by atoms with Crippen molar-refractivity contribution in [3.05, 3.63) is 35.0 Å². The van der Waals surface area contributed by atoms with E-state index in [9.17, 15) is 4.79 Å². The van der Waals surface area contributed by atoms with Crippen molar-refractivity contribution in [2.75, 3.05) is 12.3 Å². The molecule has 2 heterocycles. The van der Waals surface area contributed by atoms with Crippen LogP contribution < -0.4 is 5.73 Å². The second-order valence-corrected chi connectivity index (χ2v) is 4.51. The highest BCUT2D eigenvalue weighted by Crippen LogP contribution is 2.23. The SMILES string of the molecule is CCOC(=O)c1nc(C)n(-c2ccc(C)nc2C)c1N. The third-order valence-electron chi connectivity index (χ3n) is 2.99. The third-order valence-corrected chi connectivity index (χ3v) is 2.99. The van der Waals surface area contributed by atoms with Gasteiger partial charge in [-0.05, 0) is 39.8 Å². The minimum Gasteiger partial charge on any atom is -0.461 e. The maximum Gasteiger partial charge on any atom is 0.360 e. The largest absolute Gasteiger partial charge is 0.461 e. The molecule has 0 radical (unpaired) electrons. The predicted octanol–water partition coefficient (Wildman–Crippen LogP) is 1.95. The first-order valence-electron chi connectivity index (χ1n) is 6.42. The van der Waals surface area contributed by atoms with E-state index in [1.54, 1.807) is 18.4 Å². The molecule has 20 heavy (non-hydrogen) atoms. The molecule has 0 fully saturated rings. The Balaban J connectivity index is 2.55. The molecule has 0 aliphatic heterocycles. The minimum atomic E-state index is -0.510. The molecule has 0 aliphatic rings. The Morgan fingerprint density at radius 1 is 1.30 bits per heavy atom. The van der Waals surface area contributed by atoms with Gasteiger partial charge in [0, 0.05) is 5.69 Å². The summed E-state index contributed by atoms with van der Waals surface area (Å²) in [4.78, 5) is 20.4. The molecule has 6 nitrogen and oxygen atoms in total. The number of carbonyl (C=O) groups excluding carboxylic acids is 1. The standard InChI is InChI=1S/C14H18N4O2/c1-5-20-14(19)12-13(15)18(10(4)17-12)11-7-6-8(2)16-9(11)3/h6-7H,5,15H2,1-4H3. The number of nitrogens with two attached hydrogens (primary N) is 1. The van der Waals surface area contributed by atoms with E-state index in [2.05, 4.69) is 9.97 Å². The van der Waals surface area contributed by atoms with Crippen LogP contribution in [0.2, 0.25) is 0 Å². The zero-order valence-corrected chi connectivity index (χ0v) is 12.1. The topological polar surface area (TPSA) is 83.0 Å². The van der Waals surface area contributed by atoms with E-state index in [1.807, 2.05) is 26.0 Å². The fourth-order valence-corrected chi connectivity index (χ4v) is 2.12. The van der Waals surface area contributed by atoms with E-state index < -0.39 is 5.97 Å². The van der Waals surface area contributed by atoms with Crippen LogP contribution in [0, 0.1) is 20.8 Å². The number of ether oxygens (including phenoxy) is 1. The molecule has 0 saturated carbocycles. The summed E-state index contributed by atoms with van der Waals surface area (Å²) in [5.41, 5.74) is 8.75. The fourth-order valence-electron chi connectivity index (χ4n) is 2.12. The lowest BCUT2D eigenvalue weighted by Gasteiger charge is -2.10. The zero-order chi connectivity index (χ0) is 14.9. The molecular weight excluding hydrogens is 256 g/mol. The molecule has 0 bridgehead atoms. The van der Waals surface area contributed by atoms with E-state index in [0.29, 0.717) is 5.82 Å². The van der Waals surface area contributed by atoms with Crippen LogP contribution in [0.5, 0.6) is 0 Å². The molecule has 2 aromatic heterocycles. The van der Waals surface area contributed by atoms with E-state index in [-0.39, 0.29) is 18.1 Å². The number of hydrogen-bond donors (Lipinski definition) is 1. The number of aryl methyl sites for hydroxylation is 3. The lowest BCUT2D eigenvalue weighted by atomic mass is 10.2. The van der Waals surface area contributed by atoms with Gasteiger partial charge in [-0.2, -0.15) is 0 Å². The van der Waals surface area contributed by atoms with Crippen LogP contribution in [0.15, 0.2) is 12.1 Å². The van der Waals surface area contributed by atoms with Gasteiger partial charge in [0.25, 0.3) is 0 Å². The number of nitrogen functional groups attached to an aromatic ring is 1. The summed E-state index contributed by atoms with van der Waals surface area (Å²) in [5, 5.41) is 0. The maximum atomic E-state index is 11.8. The number of rotatable bonds is 3. The number of imidazole rings is 1. The average Bonchev–Trinajstić information content (AvgIpc) is 2.66. The average molecular weight is 274 g/mol. The minimum absolute atomic E-state index is 0.143. The second kappa shape index (κ2) is 5.32. The van der Waals surface area contributed by atoms with Gasteiger partial charge < -0.3 is 10.5 Å². The Morgan fingerprint density at radius 3 is 2.60 bits per heavy atom. The van der Waals surface area contributed by atoms with Crippen LogP contribution in [0.3, 0.4) is 0 Å². The lowest BCUT2D eigenvalue weighted by molar-refractivity contribution is 0.0521. The maximum absolute atomic E-state index is 11.8. The zero-order valence-electron chi connectivity index (χ0n) is 12.1. The molecule has 0 spiro atoms. The predicted molar refractivity (Wildman–Crippen MR) is 75.9 cm³/mol. The van der Waals surface area contributed by atoms with Crippen molar-refractivity contribution < 1.29 is 9.53 Å². The molecular formula is C14H18N4O2. The van der Waals surface area contributed by atoms with Gasteiger partial charge in [-0.25, -0.2) is 9.78 Å². The van der Waals surface area contributed by atoms with Crippen LogP contribution in [0.25, 0.3) is 5.69 Å². The molecule has 0 aliphatic carbocycles. The third kappa shape index (κ3) is 2.36. The molecule has 0 aromatic carbocycles. The number of nitrogens with zero attached hydrogens (tertiary/aromatic N) is 3. The summed E-state index contributed by atoms with van der Waals surface area (Å²) >= 11 is 0. The second-order valence-electron chi connectivity index (χ2n) is 4.51. The van der Waals surface area contributed by atoms with Gasteiger partial charge in [0.05, 0.1) is 18.0 Å². The van der Waals surface area contributed by atoms with Gasteiger partial charge in [-0.1, -0.05) is 0 Å². The summed E-state index contributed by atoms with van der Waals surface area (Å²) in [6, 6.07) is 3.81. The monoisotopic (exact) mass is 274 g/mol. The number of pyridine rings is 1. The van der Waals surface area contributed by atoms with Crippen molar-refractivity contribution >= 4 is 11.8 Å². The first-order chi connectivity index (χ1) is 9.45. The Hall–Kier alpha value is -2.37. The van der Waals surface area contributed by atoms with E-state index in [4.69, 9.17) is 10.5 Å². The van der Waals surface area contributed by atoms with Crippen molar-refractivity contribution in [3.8, 4) is 5.69 Å². The molecule has 6 heteroatoms. The van der Waals surface area contributed by atoms with Gasteiger partial charge >= 0.3 is 5.97 Å². The Bertz CT molecular complexity index is 661. The Morgan fingerprint density at radius 2 is 2.00 bits per heavy atom. The summed E-state index contributed by atoms with van der Waals surface area (Å²) in [5.74, 6) is 0.388. The van der Waals surface area contributed by atoms with Crippen LogP contribution in [0.1, 0.15) is 34.6 Å². The highest BCUT2D eigenvalue weighted by Gasteiger charge is 2.21. The molecule has 2 N–H and O–H groups in total. The van der Waals surface area contributed by atoms with Gasteiger partial charge in [-0.3, -0.25) is 9.55 Å². The molecule has 2 aromatic rings. The van der Waals surface area contributed by atoms with Crippen molar-refractivity contribution in [1.29, 1.82) is 0 Å². The number of anilines is 1. The van der Waals surface area contributed by atoms with Crippen LogP contribution in [0.4, 0.5) is 5.82 Å². The Labute approximate surface area is 117 Å². The van der Waals surface area contributed by atoms with Crippen LogP contribution in [-0.2, 0) is 4.74 Å². The summed E-state index contributed by atoms with van der Waals surface area (Å²) in [6.07, 6.45) is 0. The van der Waals surface area contributed by atoms with Crippen molar-refractivity contribution in [1.82, 2.24) is 14.5 Å². The lowest BCUT2D eigenvalue weighted by Crippen LogP contribution is -2.10. The van der Waals surface area contributed by atoms with Gasteiger partial charge in [-0.15, -0.1) is 0 Å².